The molecular weight excluding hydrogens is 600 g/mol. The van der Waals surface area contributed by atoms with E-state index in [4.69, 9.17) is 11.5 Å². The number of anilines is 6. The number of rotatable bonds is 6. The van der Waals surface area contributed by atoms with Gasteiger partial charge in [0.1, 0.15) is 34.0 Å². The largest absolute Gasteiger partial charge is 0.383 e. The van der Waals surface area contributed by atoms with Gasteiger partial charge in [-0.1, -0.05) is 96.1 Å². The van der Waals surface area contributed by atoms with Gasteiger partial charge < -0.3 is 22.1 Å². The van der Waals surface area contributed by atoms with Gasteiger partial charge in [-0.15, -0.1) is 0 Å². The van der Waals surface area contributed by atoms with E-state index in [0.717, 1.165) is 22.5 Å². The van der Waals surface area contributed by atoms with Crippen LogP contribution in [-0.4, -0.2) is 40.3 Å². The van der Waals surface area contributed by atoms with Crippen molar-refractivity contribution in [2.75, 3.05) is 22.1 Å². The van der Waals surface area contributed by atoms with Crippen LogP contribution >= 0.6 is 0 Å². The van der Waals surface area contributed by atoms with Crippen molar-refractivity contribution in [3.8, 4) is 22.8 Å². The van der Waals surface area contributed by atoms with Gasteiger partial charge in [0.15, 0.2) is 22.9 Å². The first-order valence-electron chi connectivity index (χ1n) is 15.2. The summed E-state index contributed by atoms with van der Waals surface area (Å²) in [5.74, 6) is 3.28. The maximum atomic E-state index is 6.17. The molecule has 0 bridgehead atoms. The third-order valence-corrected chi connectivity index (χ3v) is 7.59. The first-order chi connectivity index (χ1) is 23.4. The van der Waals surface area contributed by atoms with Crippen LogP contribution in [0.2, 0.25) is 0 Å². The van der Waals surface area contributed by atoms with E-state index < -0.39 is 0 Å². The van der Waals surface area contributed by atoms with Gasteiger partial charge in [0.25, 0.3) is 0 Å². The normalized spacial score (nSPS) is 10.9. The Morgan fingerprint density at radius 2 is 0.896 bits per heavy atom. The number of nitrogens with one attached hydrogen (secondary N) is 4. The van der Waals surface area contributed by atoms with Crippen molar-refractivity contribution in [1.29, 1.82) is 0 Å². The fourth-order valence-electron chi connectivity index (χ4n) is 5.08. The van der Waals surface area contributed by atoms with Crippen LogP contribution in [0.4, 0.5) is 34.6 Å². The third-order valence-electron chi connectivity index (χ3n) is 7.59. The summed E-state index contributed by atoms with van der Waals surface area (Å²) >= 11 is 0. The molecule has 4 aromatic heterocycles. The lowest BCUT2D eigenvalue weighted by Gasteiger charge is -2.06. The van der Waals surface area contributed by atoms with Crippen molar-refractivity contribution < 1.29 is 0 Å². The summed E-state index contributed by atoms with van der Waals surface area (Å²) in [6.07, 6.45) is 0. The number of aromatic amines is 2. The van der Waals surface area contributed by atoms with Crippen molar-refractivity contribution >= 4 is 56.7 Å². The zero-order chi connectivity index (χ0) is 33.0. The number of fused-ring (bicyclic) bond motifs is 2. The van der Waals surface area contributed by atoms with E-state index in [2.05, 4.69) is 51.0 Å². The molecule has 0 saturated carbocycles. The Balaban J connectivity index is 0.000000152. The molecule has 0 spiro atoms. The third kappa shape index (κ3) is 6.30. The van der Waals surface area contributed by atoms with Crippen molar-refractivity contribution in [2.24, 2.45) is 0 Å². The average molecular weight is 633 g/mol. The van der Waals surface area contributed by atoms with E-state index in [0.29, 0.717) is 57.0 Å². The molecule has 0 radical (unpaired) electrons. The first kappa shape index (κ1) is 29.9. The van der Waals surface area contributed by atoms with Crippen molar-refractivity contribution in [3.05, 3.63) is 120 Å². The van der Waals surface area contributed by atoms with Gasteiger partial charge in [0.2, 0.25) is 0 Å². The van der Waals surface area contributed by atoms with Gasteiger partial charge in [0, 0.05) is 22.5 Å². The molecule has 48 heavy (non-hydrogen) atoms. The van der Waals surface area contributed by atoms with Crippen LogP contribution < -0.4 is 22.1 Å². The molecule has 0 aliphatic heterocycles. The second kappa shape index (κ2) is 12.9. The smallest absolute Gasteiger partial charge is 0.188 e. The van der Waals surface area contributed by atoms with Gasteiger partial charge in [-0.3, -0.25) is 10.2 Å². The number of H-pyrrole nitrogens is 2. The second-order valence-corrected chi connectivity index (χ2v) is 11.2. The molecule has 0 amide bonds. The van der Waals surface area contributed by atoms with Gasteiger partial charge in [0.05, 0.1) is 0 Å². The molecular formula is C36H32N12. The summed E-state index contributed by atoms with van der Waals surface area (Å²) in [5.41, 5.74) is 19.5. The van der Waals surface area contributed by atoms with Crippen LogP contribution in [0.25, 0.3) is 44.8 Å². The molecule has 4 aromatic carbocycles. The SMILES string of the molecule is Cc1ccc(-c2nc(N)c3c(Nc4ccccc4)[nH]nc3n2)cc1.Cc1ccc(Nc2[nH]nc3nc(-c4ccccc4)nc(N)c23)cc1. The van der Waals surface area contributed by atoms with Crippen LogP contribution in [-0.2, 0) is 0 Å². The topological polar surface area (TPSA) is 185 Å². The van der Waals surface area contributed by atoms with E-state index in [9.17, 15) is 0 Å². The molecule has 0 aliphatic carbocycles. The van der Waals surface area contributed by atoms with Crippen LogP contribution in [0, 0.1) is 13.8 Å². The molecule has 8 aromatic rings. The van der Waals surface area contributed by atoms with Crippen LogP contribution in [0.1, 0.15) is 11.1 Å². The zero-order valence-corrected chi connectivity index (χ0v) is 26.2. The van der Waals surface area contributed by atoms with Gasteiger partial charge in [-0.2, -0.15) is 10.2 Å². The minimum absolute atomic E-state index is 0.391. The zero-order valence-electron chi connectivity index (χ0n) is 26.2. The number of nitrogens with zero attached hydrogens (tertiary/aromatic N) is 6. The van der Waals surface area contributed by atoms with E-state index >= 15 is 0 Å². The lowest BCUT2D eigenvalue weighted by molar-refractivity contribution is 1.09. The first-order valence-corrected chi connectivity index (χ1v) is 15.2. The van der Waals surface area contributed by atoms with Gasteiger partial charge in [-0.05, 0) is 38.1 Å². The quantitative estimate of drug-likeness (QED) is 0.109. The fraction of sp³-hybridized carbons (Fsp3) is 0.0556. The molecule has 12 nitrogen and oxygen atoms in total. The number of aryl methyl sites for hydroxylation is 2. The number of nitrogen functional groups attached to an aromatic ring is 2. The minimum atomic E-state index is 0.391. The highest BCUT2D eigenvalue weighted by atomic mass is 15.2. The standard InChI is InChI=1S/2C18H16N6/c1-11-7-9-12(10-8-11)16-21-15(19)14-17(23-24-18(14)22-16)20-13-5-3-2-4-6-13;1-11-7-9-13(10-8-11)20-17-14-15(19)21-16(22-18(14)24-23-17)12-5-3-2-4-6-12/h2*2-10H,1H3,(H4,19,20,21,22,23,24). The van der Waals surface area contributed by atoms with Crippen LogP contribution in [0.15, 0.2) is 109 Å². The number of nitrogens with two attached hydrogens (primary N) is 2. The van der Waals surface area contributed by atoms with E-state index in [1.165, 1.54) is 11.1 Å². The Kier molecular flexibility index (Phi) is 8.02. The minimum Gasteiger partial charge on any atom is -0.383 e. The highest BCUT2D eigenvalue weighted by molar-refractivity contribution is 5.98. The maximum Gasteiger partial charge on any atom is 0.188 e. The summed E-state index contributed by atoms with van der Waals surface area (Å²) in [5, 5.41) is 22.3. The average Bonchev–Trinajstić information content (AvgIpc) is 3.71. The van der Waals surface area contributed by atoms with E-state index in [1.807, 2.05) is 123 Å². The van der Waals surface area contributed by atoms with Crippen molar-refractivity contribution in [2.45, 2.75) is 13.8 Å². The lowest BCUT2D eigenvalue weighted by Crippen LogP contribution is -1.98. The van der Waals surface area contributed by atoms with Crippen molar-refractivity contribution in [3.63, 3.8) is 0 Å². The predicted molar refractivity (Wildman–Crippen MR) is 192 cm³/mol. The summed E-state index contributed by atoms with van der Waals surface area (Å²) in [7, 11) is 0. The molecule has 0 fully saturated rings. The Morgan fingerprint density at radius 1 is 0.479 bits per heavy atom. The summed E-state index contributed by atoms with van der Waals surface area (Å²) in [6.45, 7) is 4.09. The Labute approximate surface area is 275 Å². The number of hydrogen-bond acceptors (Lipinski definition) is 10. The number of para-hydroxylation sites is 1. The van der Waals surface area contributed by atoms with Crippen LogP contribution in [0.3, 0.4) is 0 Å². The molecule has 12 heteroatoms. The molecule has 8 N–H and O–H groups in total. The summed E-state index contributed by atoms with van der Waals surface area (Å²) in [4.78, 5) is 17.9. The highest BCUT2D eigenvalue weighted by Gasteiger charge is 2.16. The monoisotopic (exact) mass is 632 g/mol. The summed E-state index contributed by atoms with van der Waals surface area (Å²) < 4.78 is 0. The predicted octanol–water partition coefficient (Wildman–Crippen LogP) is 7.31. The Hall–Kier alpha value is -6.82. The molecule has 0 saturated heterocycles. The molecule has 0 aliphatic rings. The van der Waals surface area contributed by atoms with E-state index in [-0.39, 0.29) is 0 Å². The number of aromatic nitrogens is 8. The molecule has 0 atom stereocenters. The molecule has 8 rings (SSSR count). The molecule has 236 valence electrons. The number of benzene rings is 4. The van der Waals surface area contributed by atoms with Gasteiger partial charge in [-0.25, -0.2) is 19.9 Å². The Bertz CT molecular complexity index is 2310. The van der Waals surface area contributed by atoms with Crippen molar-refractivity contribution in [1.82, 2.24) is 40.3 Å². The second-order valence-electron chi connectivity index (χ2n) is 11.2. The molecule has 4 heterocycles. The van der Waals surface area contributed by atoms with Crippen LogP contribution in [0.5, 0.6) is 0 Å². The molecule has 0 unspecified atom stereocenters. The lowest BCUT2D eigenvalue weighted by atomic mass is 10.1. The highest BCUT2D eigenvalue weighted by Crippen LogP contribution is 2.30. The van der Waals surface area contributed by atoms with Gasteiger partial charge >= 0.3 is 0 Å². The Morgan fingerprint density at radius 3 is 1.40 bits per heavy atom. The maximum absolute atomic E-state index is 6.17. The van der Waals surface area contributed by atoms with E-state index in [1.54, 1.807) is 0 Å². The number of hydrogen-bond donors (Lipinski definition) is 6. The fourth-order valence-corrected chi connectivity index (χ4v) is 5.08. The summed E-state index contributed by atoms with van der Waals surface area (Å²) in [6, 6.07) is 35.6.